The van der Waals surface area contributed by atoms with E-state index < -0.39 is 0 Å². The minimum Gasteiger partial charge on any atom is -0.396 e. The lowest BCUT2D eigenvalue weighted by molar-refractivity contribution is -0.121. The zero-order valence-electron chi connectivity index (χ0n) is 9.08. The molecule has 0 aliphatic heterocycles. The van der Waals surface area contributed by atoms with Crippen LogP contribution in [-0.4, -0.2) is 24.2 Å². The maximum atomic E-state index is 11.2. The van der Waals surface area contributed by atoms with E-state index in [1.165, 1.54) is 5.56 Å². The van der Waals surface area contributed by atoms with Gasteiger partial charge in [-0.05, 0) is 24.5 Å². The second-order valence-corrected chi connectivity index (χ2v) is 4.37. The molecule has 0 aromatic heterocycles. The summed E-state index contributed by atoms with van der Waals surface area (Å²) >= 11 is 3.46. The Morgan fingerprint density at radius 1 is 1.38 bits per heavy atom. The van der Waals surface area contributed by atoms with Gasteiger partial charge in [0.05, 0.1) is 0 Å². The van der Waals surface area contributed by atoms with Crippen LogP contribution in [0.2, 0.25) is 0 Å². The number of aliphatic hydroxyl groups excluding tert-OH is 1. The van der Waals surface area contributed by atoms with Crippen LogP contribution in [0.3, 0.4) is 0 Å². The number of aliphatic hydroxyl groups is 1. The Morgan fingerprint density at radius 2 is 2.12 bits per heavy atom. The Morgan fingerprint density at radius 3 is 2.81 bits per heavy atom. The van der Waals surface area contributed by atoms with Gasteiger partial charge in [-0.2, -0.15) is 0 Å². The fourth-order valence-electron chi connectivity index (χ4n) is 1.37. The van der Waals surface area contributed by atoms with E-state index in [4.69, 9.17) is 5.11 Å². The quantitative estimate of drug-likeness (QED) is 0.839. The van der Waals surface area contributed by atoms with Gasteiger partial charge < -0.3 is 10.4 Å². The summed E-state index contributed by atoms with van der Waals surface area (Å²) in [5.74, 6) is 0.00102. The normalized spacial score (nSPS) is 10.1. The fraction of sp³-hybridized carbons (Fsp3) is 0.417. The molecule has 0 fully saturated rings. The molecule has 0 atom stereocenters. The molecule has 0 aliphatic carbocycles. The van der Waals surface area contributed by atoms with E-state index in [1.54, 1.807) is 0 Å². The van der Waals surface area contributed by atoms with E-state index in [-0.39, 0.29) is 12.5 Å². The number of nitrogens with one attached hydrogen (secondary N) is 1. The number of amides is 1. The molecule has 0 unspecified atom stereocenters. The van der Waals surface area contributed by atoms with E-state index in [0.717, 1.165) is 10.9 Å². The third-order valence-corrected chi connectivity index (χ3v) is 3.01. The molecule has 3 nitrogen and oxygen atoms in total. The van der Waals surface area contributed by atoms with Crippen LogP contribution in [0.1, 0.15) is 18.4 Å². The smallest absolute Gasteiger partial charge is 0.220 e. The Bertz CT molecular complexity index is 342. The van der Waals surface area contributed by atoms with Crippen LogP contribution in [0.5, 0.6) is 0 Å². The molecular weight excluding hydrogens is 270 g/mol. The summed E-state index contributed by atoms with van der Waals surface area (Å²) in [6.45, 7) is 0.699. The predicted molar refractivity (Wildman–Crippen MR) is 67.2 cm³/mol. The summed E-state index contributed by atoms with van der Waals surface area (Å²) in [5, 5.41) is 11.4. The number of hydrogen-bond donors (Lipinski definition) is 2. The highest BCUT2D eigenvalue weighted by Crippen LogP contribution is 2.15. The fourth-order valence-corrected chi connectivity index (χ4v) is 1.85. The lowest BCUT2D eigenvalue weighted by Crippen LogP contribution is -2.25. The molecule has 0 spiro atoms. The minimum atomic E-state index is 0.00102. The van der Waals surface area contributed by atoms with Crippen molar-refractivity contribution in [3.05, 3.63) is 34.3 Å². The first-order chi connectivity index (χ1) is 7.74. The number of halogens is 1. The highest BCUT2D eigenvalue weighted by Gasteiger charge is 2.01. The predicted octanol–water partition coefficient (Wildman–Crippen LogP) is 1.88. The molecule has 2 N–H and O–H groups in total. The van der Waals surface area contributed by atoms with Crippen LogP contribution in [0, 0.1) is 0 Å². The molecule has 1 aromatic carbocycles. The topological polar surface area (TPSA) is 49.3 Å². The number of rotatable bonds is 6. The molecule has 0 bridgehead atoms. The average molecular weight is 286 g/mol. The van der Waals surface area contributed by atoms with Gasteiger partial charge in [-0.3, -0.25) is 4.79 Å². The van der Waals surface area contributed by atoms with Crippen molar-refractivity contribution in [2.45, 2.75) is 19.3 Å². The second kappa shape index (κ2) is 7.41. The first-order valence-corrected chi connectivity index (χ1v) is 6.14. The summed E-state index contributed by atoms with van der Waals surface area (Å²) in [6.07, 6.45) is 1.74. The molecule has 0 saturated heterocycles. The van der Waals surface area contributed by atoms with Crippen molar-refractivity contribution < 1.29 is 9.90 Å². The van der Waals surface area contributed by atoms with Crippen LogP contribution in [0.4, 0.5) is 0 Å². The summed E-state index contributed by atoms with van der Waals surface area (Å²) < 4.78 is 1.07. The highest BCUT2D eigenvalue weighted by atomic mass is 79.9. The SMILES string of the molecule is O=C(CCCO)NCCc1ccccc1Br. The van der Waals surface area contributed by atoms with Gasteiger partial charge in [-0.25, -0.2) is 0 Å². The monoisotopic (exact) mass is 285 g/mol. The maximum Gasteiger partial charge on any atom is 0.220 e. The molecule has 0 saturated carbocycles. The van der Waals surface area contributed by atoms with Gasteiger partial charge in [0.15, 0.2) is 0 Å². The Balaban J connectivity index is 2.25. The zero-order valence-corrected chi connectivity index (χ0v) is 10.7. The molecule has 0 heterocycles. The molecule has 1 aromatic rings. The number of hydrogen-bond acceptors (Lipinski definition) is 2. The molecular formula is C12H16BrNO2. The van der Waals surface area contributed by atoms with E-state index in [2.05, 4.69) is 21.2 Å². The van der Waals surface area contributed by atoms with Crippen molar-refractivity contribution in [1.29, 1.82) is 0 Å². The van der Waals surface area contributed by atoms with Gasteiger partial charge in [-0.1, -0.05) is 34.1 Å². The van der Waals surface area contributed by atoms with E-state index in [0.29, 0.717) is 19.4 Å². The standard InChI is InChI=1S/C12H16BrNO2/c13-11-5-2-1-4-10(11)7-8-14-12(16)6-3-9-15/h1-2,4-5,15H,3,6-9H2,(H,14,16). The van der Waals surface area contributed by atoms with Crippen molar-refractivity contribution in [3.63, 3.8) is 0 Å². The van der Waals surface area contributed by atoms with Gasteiger partial charge in [0.25, 0.3) is 0 Å². The maximum absolute atomic E-state index is 11.2. The van der Waals surface area contributed by atoms with Gasteiger partial charge >= 0.3 is 0 Å². The van der Waals surface area contributed by atoms with Crippen LogP contribution in [-0.2, 0) is 11.2 Å². The Kier molecular flexibility index (Phi) is 6.11. The summed E-state index contributed by atoms with van der Waals surface area (Å²) in [7, 11) is 0. The molecule has 0 radical (unpaired) electrons. The van der Waals surface area contributed by atoms with Gasteiger partial charge in [-0.15, -0.1) is 0 Å². The lowest BCUT2D eigenvalue weighted by Gasteiger charge is -2.06. The van der Waals surface area contributed by atoms with Crippen LogP contribution in [0.15, 0.2) is 28.7 Å². The Hall–Kier alpha value is -0.870. The van der Waals surface area contributed by atoms with Crippen molar-refractivity contribution in [2.24, 2.45) is 0 Å². The number of carbonyl (C=O) groups excluding carboxylic acids is 1. The van der Waals surface area contributed by atoms with Crippen molar-refractivity contribution >= 4 is 21.8 Å². The first kappa shape index (κ1) is 13.2. The van der Waals surface area contributed by atoms with E-state index in [9.17, 15) is 4.79 Å². The summed E-state index contributed by atoms with van der Waals surface area (Å²) in [5.41, 5.74) is 1.19. The molecule has 1 rings (SSSR count). The third-order valence-electron chi connectivity index (χ3n) is 2.24. The molecule has 0 aliphatic rings. The highest BCUT2D eigenvalue weighted by molar-refractivity contribution is 9.10. The van der Waals surface area contributed by atoms with Gasteiger partial charge in [0.1, 0.15) is 0 Å². The molecule has 16 heavy (non-hydrogen) atoms. The first-order valence-electron chi connectivity index (χ1n) is 5.35. The molecule has 4 heteroatoms. The third kappa shape index (κ3) is 4.77. The van der Waals surface area contributed by atoms with Gasteiger partial charge in [0, 0.05) is 24.0 Å². The van der Waals surface area contributed by atoms with Crippen LogP contribution in [0.25, 0.3) is 0 Å². The van der Waals surface area contributed by atoms with E-state index in [1.807, 2.05) is 24.3 Å². The van der Waals surface area contributed by atoms with Gasteiger partial charge in [0.2, 0.25) is 5.91 Å². The average Bonchev–Trinajstić information content (AvgIpc) is 2.29. The van der Waals surface area contributed by atoms with E-state index >= 15 is 0 Å². The van der Waals surface area contributed by atoms with Crippen LogP contribution >= 0.6 is 15.9 Å². The Labute approximate surface area is 104 Å². The number of carbonyl (C=O) groups is 1. The summed E-state index contributed by atoms with van der Waals surface area (Å²) in [4.78, 5) is 11.2. The molecule has 88 valence electrons. The van der Waals surface area contributed by atoms with Crippen LogP contribution < -0.4 is 5.32 Å². The van der Waals surface area contributed by atoms with Crippen molar-refractivity contribution in [2.75, 3.05) is 13.2 Å². The van der Waals surface area contributed by atoms with Crippen molar-refractivity contribution in [1.82, 2.24) is 5.32 Å². The minimum absolute atomic E-state index is 0.00102. The molecule has 1 amide bonds. The second-order valence-electron chi connectivity index (χ2n) is 3.52. The lowest BCUT2D eigenvalue weighted by atomic mass is 10.1. The largest absolute Gasteiger partial charge is 0.396 e. The van der Waals surface area contributed by atoms with Crippen molar-refractivity contribution in [3.8, 4) is 0 Å². The summed E-state index contributed by atoms with van der Waals surface area (Å²) in [6, 6.07) is 7.97. The zero-order chi connectivity index (χ0) is 11.8. The number of benzene rings is 1.